The van der Waals surface area contributed by atoms with E-state index in [1.54, 1.807) is 0 Å². The van der Waals surface area contributed by atoms with Crippen molar-refractivity contribution in [2.75, 3.05) is 13.2 Å². The van der Waals surface area contributed by atoms with E-state index in [0.29, 0.717) is 19.1 Å². The fraction of sp³-hybridized carbons (Fsp3) is 0.500. The summed E-state index contributed by atoms with van der Waals surface area (Å²) in [4.78, 5) is 7.84. The predicted octanol–water partition coefficient (Wildman–Crippen LogP) is 2.38. The summed E-state index contributed by atoms with van der Waals surface area (Å²) in [5.74, 6) is 2.90. The van der Waals surface area contributed by atoms with Gasteiger partial charge in [-0.05, 0) is 12.3 Å². The van der Waals surface area contributed by atoms with Gasteiger partial charge in [0.15, 0.2) is 11.5 Å². The minimum Gasteiger partial charge on any atom is -0.486 e. The Kier molecular flexibility index (Phi) is 3.06. The lowest BCUT2D eigenvalue weighted by atomic mass is 10.0. The van der Waals surface area contributed by atoms with Crippen molar-refractivity contribution in [1.82, 2.24) is 9.97 Å². The third-order valence-electron chi connectivity index (χ3n) is 3.24. The van der Waals surface area contributed by atoms with Gasteiger partial charge in [0.05, 0.1) is 17.1 Å². The summed E-state index contributed by atoms with van der Waals surface area (Å²) in [5, 5.41) is 0. The van der Waals surface area contributed by atoms with Crippen LogP contribution < -0.4 is 15.2 Å². The highest BCUT2D eigenvalue weighted by Crippen LogP contribution is 2.34. The Hall–Kier alpha value is -1.75. The Morgan fingerprint density at radius 1 is 1.26 bits per heavy atom. The van der Waals surface area contributed by atoms with Crippen molar-refractivity contribution < 1.29 is 9.47 Å². The third-order valence-corrected chi connectivity index (χ3v) is 3.24. The molecule has 2 heterocycles. The molecule has 0 radical (unpaired) electrons. The summed E-state index contributed by atoms with van der Waals surface area (Å²) >= 11 is 0. The first-order chi connectivity index (χ1) is 9.13. The smallest absolute Gasteiger partial charge is 0.163 e. The normalized spacial score (nSPS) is 16.0. The molecular formula is C14H19N3O2. The molecule has 1 aromatic carbocycles. The summed E-state index contributed by atoms with van der Waals surface area (Å²) < 4.78 is 11.1. The fourth-order valence-electron chi connectivity index (χ4n) is 2.36. The zero-order chi connectivity index (χ0) is 13.4. The van der Waals surface area contributed by atoms with Crippen LogP contribution in [0.25, 0.3) is 11.0 Å². The lowest BCUT2D eigenvalue weighted by Gasteiger charge is -2.17. The maximum Gasteiger partial charge on any atom is 0.163 e. The van der Waals surface area contributed by atoms with Crippen LogP contribution in [0.15, 0.2) is 12.1 Å². The van der Waals surface area contributed by atoms with Crippen molar-refractivity contribution in [2.24, 2.45) is 11.7 Å². The fourth-order valence-corrected chi connectivity index (χ4v) is 2.36. The molecule has 3 N–H and O–H groups in total. The number of imidazole rings is 1. The number of aromatic nitrogens is 2. The number of hydrogen-bond donors (Lipinski definition) is 2. The molecular weight excluding hydrogens is 242 g/mol. The number of hydrogen-bond acceptors (Lipinski definition) is 4. The van der Waals surface area contributed by atoms with Gasteiger partial charge in [0, 0.05) is 12.1 Å². The highest BCUT2D eigenvalue weighted by atomic mass is 16.6. The van der Waals surface area contributed by atoms with Crippen molar-refractivity contribution in [3.05, 3.63) is 18.0 Å². The molecule has 5 nitrogen and oxygen atoms in total. The van der Waals surface area contributed by atoms with Crippen LogP contribution in [-0.4, -0.2) is 23.2 Å². The van der Waals surface area contributed by atoms with Gasteiger partial charge in [-0.2, -0.15) is 0 Å². The maximum absolute atomic E-state index is 6.16. The van der Waals surface area contributed by atoms with E-state index in [4.69, 9.17) is 15.2 Å². The van der Waals surface area contributed by atoms with Gasteiger partial charge in [-0.3, -0.25) is 0 Å². The molecule has 0 bridgehead atoms. The van der Waals surface area contributed by atoms with Crippen LogP contribution in [0.1, 0.15) is 32.1 Å². The van der Waals surface area contributed by atoms with E-state index >= 15 is 0 Å². The van der Waals surface area contributed by atoms with Gasteiger partial charge in [-0.1, -0.05) is 13.8 Å². The molecule has 0 amide bonds. The molecule has 19 heavy (non-hydrogen) atoms. The van der Waals surface area contributed by atoms with Gasteiger partial charge in [-0.25, -0.2) is 4.98 Å². The zero-order valence-corrected chi connectivity index (χ0v) is 11.3. The standard InChI is InChI=1S/C14H19N3O2/c1-8(2)5-9(15)14-16-10-6-12-13(7-11(10)17-14)19-4-3-18-12/h6-9H,3-5,15H2,1-2H3,(H,16,17). The van der Waals surface area contributed by atoms with E-state index < -0.39 is 0 Å². The van der Waals surface area contributed by atoms with E-state index in [2.05, 4.69) is 23.8 Å². The van der Waals surface area contributed by atoms with Crippen LogP contribution in [0.3, 0.4) is 0 Å². The highest BCUT2D eigenvalue weighted by Gasteiger charge is 2.17. The summed E-state index contributed by atoms with van der Waals surface area (Å²) in [6.07, 6.45) is 0.909. The molecule has 0 saturated heterocycles. The molecule has 1 aliphatic rings. The second-order valence-corrected chi connectivity index (χ2v) is 5.37. The number of fused-ring (bicyclic) bond motifs is 2. The molecule has 0 fully saturated rings. The van der Waals surface area contributed by atoms with E-state index in [0.717, 1.165) is 34.8 Å². The third kappa shape index (κ3) is 2.38. The Balaban J connectivity index is 1.96. The number of nitrogens with one attached hydrogen (secondary N) is 1. The summed E-state index contributed by atoms with van der Waals surface area (Å²) in [7, 11) is 0. The Labute approximate surface area is 112 Å². The molecule has 2 aromatic rings. The lowest BCUT2D eigenvalue weighted by molar-refractivity contribution is 0.172. The van der Waals surface area contributed by atoms with Crippen LogP contribution >= 0.6 is 0 Å². The summed E-state index contributed by atoms with van der Waals surface area (Å²) in [6.45, 7) is 5.49. The lowest BCUT2D eigenvalue weighted by Crippen LogP contribution is -2.15. The molecule has 1 aliphatic heterocycles. The molecule has 1 atom stereocenters. The molecule has 3 rings (SSSR count). The second-order valence-electron chi connectivity index (χ2n) is 5.37. The van der Waals surface area contributed by atoms with Gasteiger partial charge in [0.2, 0.25) is 0 Å². The van der Waals surface area contributed by atoms with E-state index in [9.17, 15) is 0 Å². The van der Waals surface area contributed by atoms with E-state index in [1.807, 2.05) is 12.1 Å². The Bertz CT molecular complexity index is 549. The van der Waals surface area contributed by atoms with Gasteiger partial charge in [-0.15, -0.1) is 0 Å². The summed E-state index contributed by atoms with van der Waals surface area (Å²) in [5.41, 5.74) is 7.97. The molecule has 0 saturated carbocycles. The first kappa shape index (κ1) is 12.3. The first-order valence-corrected chi connectivity index (χ1v) is 6.68. The molecule has 0 spiro atoms. The number of nitrogens with zero attached hydrogens (tertiary/aromatic N) is 1. The van der Waals surface area contributed by atoms with Crippen molar-refractivity contribution in [3.63, 3.8) is 0 Å². The topological polar surface area (TPSA) is 73.2 Å². The average Bonchev–Trinajstić information content (AvgIpc) is 2.78. The Morgan fingerprint density at radius 3 is 2.63 bits per heavy atom. The van der Waals surface area contributed by atoms with Gasteiger partial charge >= 0.3 is 0 Å². The monoisotopic (exact) mass is 261 g/mol. The van der Waals surface area contributed by atoms with Gasteiger partial charge in [0.25, 0.3) is 0 Å². The van der Waals surface area contributed by atoms with Crippen LogP contribution in [0.2, 0.25) is 0 Å². The highest BCUT2D eigenvalue weighted by molar-refractivity contribution is 5.80. The molecule has 1 unspecified atom stereocenters. The number of benzene rings is 1. The quantitative estimate of drug-likeness (QED) is 0.889. The minimum atomic E-state index is -0.0636. The van der Waals surface area contributed by atoms with Crippen molar-refractivity contribution in [3.8, 4) is 11.5 Å². The van der Waals surface area contributed by atoms with Crippen LogP contribution in [0, 0.1) is 5.92 Å². The van der Waals surface area contributed by atoms with E-state index in [-0.39, 0.29) is 6.04 Å². The average molecular weight is 261 g/mol. The number of rotatable bonds is 3. The van der Waals surface area contributed by atoms with Crippen molar-refractivity contribution >= 4 is 11.0 Å². The summed E-state index contributed by atoms with van der Waals surface area (Å²) in [6, 6.07) is 3.78. The minimum absolute atomic E-state index is 0.0636. The largest absolute Gasteiger partial charge is 0.486 e. The van der Waals surface area contributed by atoms with Crippen LogP contribution in [0.4, 0.5) is 0 Å². The van der Waals surface area contributed by atoms with Crippen molar-refractivity contribution in [2.45, 2.75) is 26.3 Å². The van der Waals surface area contributed by atoms with Gasteiger partial charge in [0.1, 0.15) is 19.0 Å². The van der Waals surface area contributed by atoms with Crippen molar-refractivity contribution in [1.29, 1.82) is 0 Å². The maximum atomic E-state index is 6.16. The van der Waals surface area contributed by atoms with E-state index in [1.165, 1.54) is 0 Å². The van der Waals surface area contributed by atoms with Crippen LogP contribution in [0.5, 0.6) is 11.5 Å². The zero-order valence-electron chi connectivity index (χ0n) is 11.3. The van der Waals surface area contributed by atoms with Gasteiger partial charge < -0.3 is 20.2 Å². The molecule has 102 valence electrons. The SMILES string of the molecule is CC(C)CC(N)c1nc2cc3c(cc2[nH]1)OCCO3. The van der Waals surface area contributed by atoms with Crippen LogP contribution in [-0.2, 0) is 0 Å². The predicted molar refractivity (Wildman–Crippen MR) is 73.5 cm³/mol. The Morgan fingerprint density at radius 2 is 1.95 bits per heavy atom. The number of H-pyrrole nitrogens is 1. The second kappa shape index (κ2) is 4.74. The molecule has 5 heteroatoms. The first-order valence-electron chi connectivity index (χ1n) is 6.68. The number of aromatic amines is 1. The number of nitrogens with two attached hydrogens (primary N) is 1. The molecule has 1 aromatic heterocycles. The molecule has 0 aliphatic carbocycles. The number of ether oxygens (including phenoxy) is 2.